The second-order valence-electron chi connectivity index (χ2n) is 5.96. The highest BCUT2D eigenvalue weighted by Crippen LogP contribution is 2.40. The Morgan fingerprint density at radius 1 is 1.36 bits per heavy atom. The van der Waals surface area contributed by atoms with E-state index in [4.69, 9.17) is 16.7 Å². The molecule has 1 aliphatic rings. The number of benzene rings is 1. The average Bonchev–Trinajstić information content (AvgIpc) is 3.34. The van der Waals surface area contributed by atoms with Gasteiger partial charge in [0.05, 0.1) is 17.1 Å². The average molecular weight is 363 g/mol. The summed E-state index contributed by atoms with van der Waals surface area (Å²) in [4.78, 5) is 29.3. The molecule has 0 saturated heterocycles. The van der Waals surface area contributed by atoms with Gasteiger partial charge in [0, 0.05) is 19.0 Å². The molecule has 0 spiro atoms. The van der Waals surface area contributed by atoms with Gasteiger partial charge in [-0.15, -0.1) is 5.10 Å². The van der Waals surface area contributed by atoms with E-state index in [2.05, 4.69) is 10.1 Å². The zero-order valence-corrected chi connectivity index (χ0v) is 14.6. The molecule has 1 aromatic carbocycles. The molecule has 2 aromatic rings. The monoisotopic (exact) mass is 362 g/mol. The Labute approximate surface area is 150 Å². The second kappa shape index (κ2) is 7.23. The molecule has 3 rings (SSSR count). The summed E-state index contributed by atoms with van der Waals surface area (Å²) in [5.74, 6) is -0.227. The lowest BCUT2D eigenvalue weighted by Gasteiger charge is -2.17. The van der Waals surface area contributed by atoms with Crippen molar-refractivity contribution < 1.29 is 14.7 Å². The molecule has 1 saturated carbocycles. The van der Waals surface area contributed by atoms with Gasteiger partial charge in [-0.25, -0.2) is 9.67 Å². The highest BCUT2D eigenvalue weighted by Gasteiger charge is 2.32. The fraction of sp³-hybridized carbons (Fsp3) is 0.412. The number of nitrogens with zero attached hydrogens (tertiary/aromatic N) is 4. The van der Waals surface area contributed by atoms with Crippen LogP contribution in [0.3, 0.4) is 0 Å². The van der Waals surface area contributed by atoms with Crippen molar-refractivity contribution in [2.24, 2.45) is 0 Å². The fourth-order valence-corrected chi connectivity index (χ4v) is 2.81. The van der Waals surface area contributed by atoms with E-state index in [1.807, 2.05) is 18.2 Å². The zero-order chi connectivity index (χ0) is 18.0. The number of carbonyl (C=O) groups excluding carboxylic acids is 1. The molecular formula is C17H19ClN4O3. The molecule has 1 aliphatic carbocycles. The second-order valence-corrected chi connectivity index (χ2v) is 6.37. The van der Waals surface area contributed by atoms with Crippen LogP contribution in [0.5, 0.6) is 0 Å². The van der Waals surface area contributed by atoms with E-state index in [0.717, 1.165) is 18.7 Å². The molecule has 132 valence electrons. The Bertz CT molecular complexity index is 801. The first-order chi connectivity index (χ1) is 12.0. The lowest BCUT2D eigenvalue weighted by molar-refractivity contribution is -0.137. The number of aliphatic carboxylic acids is 1. The summed E-state index contributed by atoms with van der Waals surface area (Å²) in [7, 11) is 0. The maximum absolute atomic E-state index is 12.7. The van der Waals surface area contributed by atoms with E-state index in [1.165, 1.54) is 4.90 Å². The Balaban J connectivity index is 1.92. The highest BCUT2D eigenvalue weighted by atomic mass is 35.5. The quantitative estimate of drug-likeness (QED) is 0.818. The maximum Gasteiger partial charge on any atom is 0.305 e. The Kier molecular flexibility index (Phi) is 5.03. The molecule has 1 fully saturated rings. The fourth-order valence-electron chi connectivity index (χ4n) is 2.60. The van der Waals surface area contributed by atoms with E-state index < -0.39 is 5.97 Å². The molecule has 1 heterocycles. The molecule has 7 nitrogen and oxygen atoms in total. The number of rotatable bonds is 7. The van der Waals surface area contributed by atoms with E-state index in [-0.39, 0.29) is 30.6 Å². The first kappa shape index (κ1) is 17.4. The van der Waals surface area contributed by atoms with Crippen LogP contribution in [0.4, 0.5) is 0 Å². The number of amides is 1. The number of hydrogen-bond donors (Lipinski definition) is 1. The van der Waals surface area contributed by atoms with Gasteiger partial charge in [0.25, 0.3) is 5.91 Å². The van der Waals surface area contributed by atoms with Gasteiger partial charge >= 0.3 is 5.97 Å². The molecule has 1 aromatic heterocycles. The minimum Gasteiger partial charge on any atom is -0.481 e. The molecule has 0 bridgehead atoms. The zero-order valence-electron chi connectivity index (χ0n) is 13.9. The molecule has 0 unspecified atom stereocenters. The summed E-state index contributed by atoms with van der Waals surface area (Å²) in [6.07, 6.45) is 1.90. The molecular weight excluding hydrogens is 344 g/mol. The maximum atomic E-state index is 12.7. The van der Waals surface area contributed by atoms with Gasteiger partial charge in [-0.2, -0.15) is 0 Å². The predicted octanol–water partition coefficient (Wildman–Crippen LogP) is 2.73. The minimum absolute atomic E-state index is 0.0778. The summed E-state index contributed by atoms with van der Waals surface area (Å²) < 4.78 is 1.64. The van der Waals surface area contributed by atoms with Gasteiger partial charge < -0.3 is 10.0 Å². The van der Waals surface area contributed by atoms with Crippen molar-refractivity contribution in [3.63, 3.8) is 0 Å². The number of carboxylic acids is 1. The van der Waals surface area contributed by atoms with Crippen molar-refractivity contribution in [2.75, 3.05) is 13.1 Å². The molecule has 0 atom stereocenters. The van der Waals surface area contributed by atoms with Crippen LogP contribution in [0.1, 0.15) is 48.5 Å². The summed E-state index contributed by atoms with van der Waals surface area (Å²) in [5.41, 5.74) is 0.686. The van der Waals surface area contributed by atoms with Gasteiger partial charge in [0.2, 0.25) is 5.82 Å². The third-order valence-electron chi connectivity index (χ3n) is 4.11. The molecule has 1 amide bonds. The number of hydrogen-bond acceptors (Lipinski definition) is 4. The van der Waals surface area contributed by atoms with Crippen LogP contribution in [0.15, 0.2) is 24.3 Å². The van der Waals surface area contributed by atoms with Gasteiger partial charge in [-0.3, -0.25) is 9.59 Å². The van der Waals surface area contributed by atoms with E-state index >= 15 is 0 Å². The lowest BCUT2D eigenvalue weighted by atomic mass is 10.3. The normalized spacial score (nSPS) is 13.7. The Morgan fingerprint density at radius 2 is 2.08 bits per heavy atom. The first-order valence-corrected chi connectivity index (χ1v) is 8.62. The number of carboxylic acid groups (broad SMARTS) is 1. The SMILES string of the molecule is CCN(CCC(=O)O)C(=O)c1nc(C2CC2)n(-c2ccccc2Cl)n1. The number of aromatic nitrogens is 3. The van der Waals surface area contributed by atoms with Crippen molar-refractivity contribution in [1.82, 2.24) is 19.7 Å². The summed E-state index contributed by atoms with van der Waals surface area (Å²) in [6.45, 7) is 2.32. The molecule has 1 N–H and O–H groups in total. The van der Waals surface area contributed by atoms with Gasteiger partial charge in [0.15, 0.2) is 0 Å². The number of para-hydroxylation sites is 1. The van der Waals surface area contributed by atoms with E-state index in [1.54, 1.807) is 17.7 Å². The molecule has 0 radical (unpaired) electrons. The van der Waals surface area contributed by atoms with E-state index in [9.17, 15) is 9.59 Å². The smallest absolute Gasteiger partial charge is 0.305 e. The molecule has 25 heavy (non-hydrogen) atoms. The van der Waals surface area contributed by atoms with Crippen LogP contribution in [0.25, 0.3) is 5.69 Å². The van der Waals surface area contributed by atoms with Crippen LogP contribution in [0.2, 0.25) is 5.02 Å². The lowest BCUT2D eigenvalue weighted by Crippen LogP contribution is -2.33. The van der Waals surface area contributed by atoms with Crippen LogP contribution in [-0.2, 0) is 4.79 Å². The van der Waals surface area contributed by atoms with Crippen LogP contribution < -0.4 is 0 Å². The molecule has 0 aliphatic heterocycles. The summed E-state index contributed by atoms with van der Waals surface area (Å²) >= 11 is 6.27. The first-order valence-electron chi connectivity index (χ1n) is 8.24. The Morgan fingerprint density at radius 3 is 2.68 bits per heavy atom. The van der Waals surface area contributed by atoms with Crippen LogP contribution in [0, 0.1) is 0 Å². The third-order valence-corrected chi connectivity index (χ3v) is 4.43. The van der Waals surface area contributed by atoms with Crippen molar-refractivity contribution in [1.29, 1.82) is 0 Å². The summed E-state index contributed by atoms with van der Waals surface area (Å²) in [5, 5.41) is 13.7. The topological polar surface area (TPSA) is 88.3 Å². The predicted molar refractivity (Wildman–Crippen MR) is 92.2 cm³/mol. The standard InChI is InChI=1S/C17H19ClN4O3/c1-2-21(10-9-14(23)24)17(25)15-19-16(11-7-8-11)22(20-15)13-6-4-3-5-12(13)18/h3-6,11H,2,7-10H2,1H3,(H,23,24). The largest absolute Gasteiger partial charge is 0.481 e. The third kappa shape index (κ3) is 3.82. The van der Waals surface area contributed by atoms with Crippen molar-refractivity contribution >= 4 is 23.5 Å². The molecule has 8 heteroatoms. The Hall–Kier alpha value is -2.41. The number of halogens is 1. The highest BCUT2D eigenvalue weighted by molar-refractivity contribution is 6.32. The minimum atomic E-state index is -0.945. The van der Waals surface area contributed by atoms with Crippen LogP contribution >= 0.6 is 11.6 Å². The van der Waals surface area contributed by atoms with Crippen molar-refractivity contribution in [2.45, 2.75) is 32.1 Å². The van der Waals surface area contributed by atoms with Crippen LogP contribution in [-0.4, -0.2) is 49.7 Å². The van der Waals surface area contributed by atoms with Crippen molar-refractivity contribution in [3.05, 3.63) is 40.9 Å². The van der Waals surface area contributed by atoms with Crippen molar-refractivity contribution in [3.8, 4) is 5.69 Å². The van der Waals surface area contributed by atoms with Gasteiger partial charge in [0.1, 0.15) is 5.82 Å². The van der Waals surface area contributed by atoms with Gasteiger partial charge in [-0.1, -0.05) is 23.7 Å². The van der Waals surface area contributed by atoms with Gasteiger partial charge in [-0.05, 0) is 31.9 Å². The summed E-state index contributed by atoms with van der Waals surface area (Å²) in [6, 6.07) is 7.28. The van der Waals surface area contributed by atoms with E-state index in [0.29, 0.717) is 17.3 Å². The number of carbonyl (C=O) groups is 2.